The van der Waals surface area contributed by atoms with E-state index in [0.717, 1.165) is 22.5 Å². The summed E-state index contributed by atoms with van der Waals surface area (Å²) in [7, 11) is -4.38. The number of piperidine rings is 2. The minimum atomic E-state index is -4.38. The fraction of sp³-hybridized carbons (Fsp3) is 0.406. The van der Waals surface area contributed by atoms with Gasteiger partial charge in [0.2, 0.25) is 27.7 Å². The molecule has 3 saturated heterocycles. The van der Waals surface area contributed by atoms with Crippen molar-refractivity contribution in [2.45, 2.75) is 43.0 Å². The van der Waals surface area contributed by atoms with Gasteiger partial charge in [0, 0.05) is 43.3 Å². The fourth-order valence-corrected chi connectivity index (χ4v) is 8.00. The van der Waals surface area contributed by atoms with Crippen LogP contribution >= 0.6 is 11.6 Å². The predicted octanol–water partition coefficient (Wildman–Crippen LogP) is 4.19. The van der Waals surface area contributed by atoms with Crippen molar-refractivity contribution in [3.05, 3.63) is 65.4 Å². The molecule has 45 heavy (non-hydrogen) atoms. The van der Waals surface area contributed by atoms with E-state index < -0.39 is 40.2 Å². The van der Waals surface area contributed by atoms with Gasteiger partial charge in [0.25, 0.3) is 0 Å². The van der Waals surface area contributed by atoms with Crippen LogP contribution in [0.2, 0.25) is 5.02 Å². The van der Waals surface area contributed by atoms with E-state index in [1.165, 1.54) is 34.1 Å². The molecule has 6 rings (SSSR count). The van der Waals surface area contributed by atoms with E-state index in [0.29, 0.717) is 61.8 Å². The maximum atomic E-state index is 15.6. The topological polar surface area (TPSA) is 108 Å². The first kappa shape index (κ1) is 31.4. The number of rotatable bonds is 7. The third-order valence-electron chi connectivity index (χ3n) is 8.65. The molecule has 3 aliphatic rings. The molecule has 3 aromatic rings. The number of nitrogens with zero attached hydrogens (tertiary/aromatic N) is 4. The molecule has 238 valence electrons. The molecular formula is C32H34ClFN4O6S. The number of hydrogen-bond acceptors (Lipinski definition) is 6. The largest absolute Gasteiger partial charge is 0.378 e. The smallest absolute Gasteiger partial charge is 0.245 e. The van der Waals surface area contributed by atoms with Crippen molar-refractivity contribution < 1.29 is 31.9 Å². The summed E-state index contributed by atoms with van der Waals surface area (Å²) in [4.78, 5) is 44.2. The third kappa shape index (κ3) is 6.42. The van der Waals surface area contributed by atoms with Gasteiger partial charge in [-0.3, -0.25) is 14.4 Å². The molecule has 0 saturated carbocycles. The highest BCUT2D eigenvalue weighted by Gasteiger charge is 2.42. The number of ether oxygens (including phenoxy) is 1. The number of morpholine rings is 1. The van der Waals surface area contributed by atoms with Crippen molar-refractivity contribution in [1.29, 1.82) is 0 Å². The monoisotopic (exact) mass is 656 g/mol. The Morgan fingerprint density at radius 1 is 0.911 bits per heavy atom. The van der Waals surface area contributed by atoms with Crippen LogP contribution in [0.25, 0.3) is 10.8 Å². The maximum Gasteiger partial charge on any atom is 0.245 e. The zero-order chi connectivity index (χ0) is 31.7. The molecule has 13 heteroatoms. The number of sulfonamides is 1. The van der Waals surface area contributed by atoms with Gasteiger partial charge in [-0.2, -0.15) is 4.31 Å². The van der Waals surface area contributed by atoms with Crippen LogP contribution in [0.1, 0.15) is 32.1 Å². The molecule has 0 radical (unpaired) electrons. The molecule has 0 aliphatic carbocycles. The van der Waals surface area contributed by atoms with Crippen molar-refractivity contribution in [1.82, 2.24) is 9.21 Å². The number of carbonyl (C=O) groups excluding carboxylic acids is 3. The first-order valence-corrected chi connectivity index (χ1v) is 16.9. The Kier molecular flexibility index (Phi) is 9.10. The van der Waals surface area contributed by atoms with E-state index >= 15 is 4.39 Å². The van der Waals surface area contributed by atoms with Gasteiger partial charge in [-0.15, -0.1) is 0 Å². The van der Waals surface area contributed by atoms with Gasteiger partial charge in [0.05, 0.1) is 30.3 Å². The number of hydrogen-bond donors (Lipinski definition) is 0. The quantitative estimate of drug-likeness (QED) is 0.378. The molecule has 3 amide bonds. The Hall–Kier alpha value is -3.58. The molecular weight excluding hydrogens is 623 g/mol. The molecule has 0 bridgehead atoms. The molecule has 1 atom stereocenters. The fourth-order valence-electron chi connectivity index (χ4n) is 6.22. The van der Waals surface area contributed by atoms with E-state index in [9.17, 15) is 22.8 Å². The van der Waals surface area contributed by atoms with Crippen molar-refractivity contribution >= 4 is 61.5 Å². The van der Waals surface area contributed by atoms with Crippen molar-refractivity contribution in [3.63, 3.8) is 0 Å². The van der Waals surface area contributed by atoms with Crippen LogP contribution < -0.4 is 9.80 Å². The molecule has 0 spiro atoms. The molecule has 1 unspecified atom stereocenters. The van der Waals surface area contributed by atoms with Gasteiger partial charge < -0.3 is 19.4 Å². The summed E-state index contributed by atoms with van der Waals surface area (Å²) in [6.07, 6.45) is 2.56. The van der Waals surface area contributed by atoms with Gasteiger partial charge in [0.15, 0.2) is 0 Å². The third-order valence-corrected chi connectivity index (χ3v) is 10.7. The zero-order valence-electron chi connectivity index (χ0n) is 24.7. The molecule has 3 aliphatic heterocycles. The molecule has 0 N–H and O–H groups in total. The van der Waals surface area contributed by atoms with E-state index in [1.54, 1.807) is 35.2 Å². The number of benzene rings is 3. The number of halogens is 2. The Labute approximate surface area is 266 Å². The molecule has 3 aromatic carbocycles. The average Bonchev–Trinajstić information content (AvgIpc) is 3.04. The molecule has 3 heterocycles. The minimum Gasteiger partial charge on any atom is -0.378 e. The Balaban J connectivity index is 1.33. The second-order valence-electron chi connectivity index (χ2n) is 11.5. The van der Waals surface area contributed by atoms with Crippen LogP contribution in [0, 0.1) is 5.82 Å². The van der Waals surface area contributed by atoms with Gasteiger partial charge >= 0.3 is 0 Å². The van der Waals surface area contributed by atoms with Crippen molar-refractivity contribution in [2.24, 2.45) is 0 Å². The van der Waals surface area contributed by atoms with Crippen LogP contribution in [0.4, 0.5) is 15.8 Å². The van der Waals surface area contributed by atoms with Gasteiger partial charge in [-0.05, 0) is 78.9 Å². The lowest BCUT2D eigenvalue weighted by Crippen LogP contribution is -2.57. The molecule has 0 aromatic heterocycles. The predicted molar refractivity (Wildman–Crippen MR) is 168 cm³/mol. The van der Waals surface area contributed by atoms with Gasteiger partial charge in [-0.25, -0.2) is 12.8 Å². The van der Waals surface area contributed by atoms with Gasteiger partial charge in [0.1, 0.15) is 11.9 Å². The second kappa shape index (κ2) is 13.0. The number of anilines is 2. The van der Waals surface area contributed by atoms with Crippen LogP contribution in [0.5, 0.6) is 0 Å². The molecule has 10 nitrogen and oxygen atoms in total. The normalized spacial score (nSPS) is 19.9. The van der Waals surface area contributed by atoms with E-state index in [4.69, 9.17) is 16.3 Å². The number of amides is 3. The number of fused-ring (bicyclic) bond motifs is 1. The SMILES string of the molecule is O=C(CN(C1CCCN(c2ccc(N3CCCCC3=O)cc2F)C1=O)S(=O)(=O)c1ccc2cc(Cl)ccc2c1)N1CCOCC1. The van der Waals surface area contributed by atoms with E-state index in [-0.39, 0.29) is 29.5 Å². The lowest BCUT2D eigenvalue weighted by Gasteiger charge is -2.38. The summed E-state index contributed by atoms with van der Waals surface area (Å²) in [5.74, 6) is -1.83. The van der Waals surface area contributed by atoms with E-state index in [1.807, 2.05) is 0 Å². The lowest BCUT2D eigenvalue weighted by molar-refractivity contribution is -0.136. The van der Waals surface area contributed by atoms with Crippen LogP contribution in [0.3, 0.4) is 0 Å². The summed E-state index contributed by atoms with van der Waals surface area (Å²) in [6.45, 7) is 1.41. The molecule has 3 fully saturated rings. The maximum absolute atomic E-state index is 15.6. The first-order valence-electron chi connectivity index (χ1n) is 15.1. The second-order valence-corrected chi connectivity index (χ2v) is 13.8. The highest BCUT2D eigenvalue weighted by Crippen LogP contribution is 2.33. The lowest BCUT2D eigenvalue weighted by atomic mass is 10.0. The Morgan fingerprint density at radius 2 is 1.64 bits per heavy atom. The summed E-state index contributed by atoms with van der Waals surface area (Å²) < 4.78 is 50.5. The summed E-state index contributed by atoms with van der Waals surface area (Å²) in [5.41, 5.74) is 0.414. The van der Waals surface area contributed by atoms with Crippen LogP contribution in [0.15, 0.2) is 59.5 Å². The van der Waals surface area contributed by atoms with Gasteiger partial charge in [-0.1, -0.05) is 23.7 Å². The van der Waals surface area contributed by atoms with Crippen molar-refractivity contribution in [3.8, 4) is 0 Å². The standard InChI is InChI=1S/C32H34ClFN4O6S/c33-24-8-6-23-19-26(10-7-22(23)18-24)45(42,43)38(21-31(40)35-14-16-44-17-15-35)29-4-3-13-37(32(29)41)28-11-9-25(20-27(28)34)36-12-2-1-5-30(36)39/h6-11,18-20,29H,1-5,12-17,21H2. The zero-order valence-corrected chi connectivity index (χ0v) is 26.2. The average molecular weight is 657 g/mol. The highest BCUT2D eigenvalue weighted by atomic mass is 35.5. The summed E-state index contributed by atoms with van der Waals surface area (Å²) >= 11 is 6.11. The summed E-state index contributed by atoms with van der Waals surface area (Å²) in [5, 5.41) is 1.87. The summed E-state index contributed by atoms with van der Waals surface area (Å²) in [6, 6.07) is 12.7. The number of carbonyl (C=O) groups is 3. The Bertz CT molecular complexity index is 1750. The van der Waals surface area contributed by atoms with Crippen molar-refractivity contribution in [2.75, 3.05) is 55.7 Å². The first-order chi connectivity index (χ1) is 21.6. The Morgan fingerprint density at radius 3 is 2.40 bits per heavy atom. The van der Waals surface area contributed by atoms with E-state index in [2.05, 4.69) is 0 Å². The highest BCUT2D eigenvalue weighted by molar-refractivity contribution is 7.89. The van der Waals surface area contributed by atoms with Crippen LogP contribution in [-0.2, 0) is 29.1 Å². The van der Waals surface area contributed by atoms with Crippen LogP contribution in [-0.4, -0.2) is 87.3 Å². The minimum absolute atomic E-state index is 0.00246.